The lowest BCUT2D eigenvalue weighted by Gasteiger charge is -2.04. The fourth-order valence-electron chi connectivity index (χ4n) is 1.18. The highest BCUT2D eigenvalue weighted by atomic mass is 79.9. The molecule has 1 rings (SSSR count). The van der Waals surface area contributed by atoms with Crippen molar-refractivity contribution in [1.29, 1.82) is 0 Å². The first kappa shape index (κ1) is 11.1. The van der Waals surface area contributed by atoms with Crippen molar-refractivity contribution in [2.45, 2.75) is 31.9 Å². The molecule has 74 valence electrons. The summed E-state index contributed by atoms with van der Waals surface area (Å²) in [6.45, 7) is 4.40. The maximum atomic E-state index is 11.4. The summed E-state index contributed by atoms with van der Waals surface area (Å²) in [5.74, 6) is -0.169. The minimum absolute atomic E-state index is 0.169. The van der Waals surface area contributed by atoms with Gasteiger partial charge in [-0.05, 0) is 35.7 Å². The van der Waals surface area contributed by atoms with Crippen LogP contribution in [0, 0.1) is 0 Å². The summed E-state index contributed by atoms with van der Waals surface area (Å²) in [4.78, 5) is 11.4. The number of esters is 1. The molecule has 0 amide bonds. The Labute approximate surface area is 91.2 Å². The first-order chi connectivity index (χ1) is 6.19. The third kappa shape index (κ3) is 2.74. The number of halogens is 1. The van der Waals surface area contributed by atoms with Gasteiger partial charge in [0.1, 0.15) is 0 Å². The Kier molecular flexibility index (Phi) is 4.32. The van der Waals surface area contributed by atoms with E-state index in [0.29, 0.717) is 11.9 Å². The molecule has 1 atom stereocenters. The summed E-state index contributed by atoms with van der Waals surface area (Å²) in [7, 11) is 0. The minimum atomic E-state index is -0.169. The zero-order chi connectivity index (χ0) is 9.84. The van der Waals surface area contributed by atoms with E-state index in [1.54, 1.807) is 11.8 Å². The molecule has 1 aliphatic rings. The lowest BCUT2D eigenvalue weighted by Crippen LogP contribution is -2.08. The fraction of sp³-hybridized carbons (Fsp3) is 0.667. The van der Waals surface area contributed by atoms with Crippen LogP contribution in [0.25, 0.3) is 0 Å². The number of carbonyl (C=O) groups excluding carboxylic acids is 1. The van der Waals surface area contributed by atoms with E-state index in [9.17, 15) is 4.79 Å². The first-order valence-electron chi connectivity index (χ1n) is 4.41. The SMILES string of the molecule is CCOC(=O)C1=C(Br)SC(CC)C1. The topological polar surface area (TPSA) is 26.3 Å². The zero-order valence-electron chi connectivity index (χ0n) is 7.80. The molecular formula is C9H13BrO2S. The largest absolute Gasteiger partial charge is 0.463 e. The molecule has 4 heteroatoms. The van der Waals surface area contributed by atoms with Crippen LogP contribution in [0.3, 0.4) is 0 Å². The van der Waals surface area contributed by atoms with Gasteiger partial charge >= 0.3 is 5.97 Å². The normalized spacial score (nSPS) is 22.2. The van der Waals surface area contributed by atoms with E-state index in [0.717, 1.165) is 22.2 Å². The molecule has 0 aliphatic carbocycles. The van der Waals surface area contributed by atoms with E-state index >= 15 is 0 Å². The van der Waals surface area contributed by atoms with Gasteiger partial charge in [-0.1, -0.05) is 6.92 Å². The van der Waals surface area contributed by atoms with Crippen LogP contribution in [0.2, 0.25) is 0 Å². The van der Waals surface area contributed by atoms with Crippen LogP contribution in [0.4, 0.5) is 0 Å². The van der Waals surface area contributed by atoms with Crippen molar-refractivity contribution in [1.82, 2.24) is 0 Å². The molecule has 0 fully saturated rings. The van der Waals surface area contributed by atoms with Crippen LogP contribution in [0.5, 0.6) is 0 Å². The maximum absolute atomic E-state index is 11.4. The second-order valence-corrected chi connectivity index (χ2v) is 5.45. The molecule has 0 aromatic carbocycles. The van der Waals surface area contributed by atoms with E-state index in [1.807, 2.05) is 6.92 Å². The van der Waals surface area contributed by atoms with Crippen LogP contribution in [-0.2, 0) is 9.53 Å². The van der Waals surface area contributed by atoms with Crippen LogP contribution in [-0.4, -0.2) is 17.8 Å². The average molecular weight is 265 g/mol. The standard InChI is InChI=1S/C9H13BrO2S/c1-3-6-5-7(8(10)13-6)9(11)12-4-2/h6H,3-5H2,1-2H3. The first-order valence-corrected chi connectivity index (χ1v) is 6.08. The second kappa shape index (κ2) is 5.05. The second-order valence-electron chi connectivity index (χ2n) is 2.82. The Balaban J connectivity index is 2.59. The van der Waals surface area contributed by atoms with Crippen molar-refractivity contribution < 1.29 is 9.53 Å². The number of ether oxygens (including phenoxy) is 1. The highest BCUT2D eigenvalue weighted by Crippen LogP contribution is 2.42. The molecule has 0 N–H and O–H groups in total. The van der Waals surface area contributed by atoms with E-state index in [4.69, 9.17) is 4.74 Å². The smallest absolute Gasteiger partial charge is 0.335 e. The maximum Gasteiger partial charge on any atom is 0.335 e. The Hall–Kier alpha value is 0.0400. The van der Waals surface area contributed by atoms with Gasteiger partial charge in [-0.2, -0.15) is 0 Å². The van der Waals surface area contributed by atoms with Gasteiger partial charge in [0.05, 0.1) is 16.0 Å². The summed E-state index contributed by atoms with van der Waals surface area (Å²) in [6.07, 6.45) is 1.92. The number of hydrogen-bond donors (Lipinski definition) is 0. The molecule has 1 unspecified atom stereocenters. The number of carbonyl (C=O) groups is 1. The highest BCUT2D eigenvalue weighted by Gasteiger charge is 2.27. The number of rotatable bonds is 3. The summed E-state index contributed by atoms with van der Waals surface area (Å²) in [6, 6.07) is 0. The summed E-state index contributed by atoms with van der Waals surface area (Å²) in [5.41, 5.74) is 0.804. The Morgan fingerprint density at radius 2 is 2.38 bits per heavy atom. The van der Waals surface area contributed by atoms with Gasteiger partial charge in [0.15, 0.2) is 0 Å². The van der Waals surface area contributed by atoms with E-state index in [-0.39, 0.29) is 5.97 Å². The van der Waals surface area contributed by atoms with Crippen molar-refractivity contribution in [3.8, 4) is 0 Å². The lowest BCUT2D eigenvalue weighted by molar-refractivity contribution is -0.138. The van der Waals surface area contributed by atoms with Crippen LogP contribution >= 0.6 is 27.7 Å². The van der Waals surface area contributed by atoms with Crippen LogP contribution in [0.1, 0.15) is 26.7 Å². The Bertz CT molecular complexity index is 238. The van der Waals surface area contributed by atoms with Gasteiger partial charge in [-0.25, -0.2) is 4.79 Å². The third-order valence-corrected chi connectivity index (χ3v) is 4.24. The molecule has 0 saturated heterocycles. The van der Waals surface area contributed by atoms with E-state index in [1.165, 1.54) is 0 Å². The monoisotopic (exact) mass is 264 g/mol. The van der Waals surface area contributed by atoms with Crippen LogP contribution in [0.15, 0.2) is 9.39 Å². The van der Waals surface area contributed by atoms with Crippen molar-refractivity contribution in [2.75, 3.05) is 6.61 Å². The zero-order valence-corrected chi connectivity index (χ0v) is 10.2. The predicted molar refractivity (Wildman–Crippen MR) is 58.9 cm³/mol. The van der Waals surface area contributed by atoms with Crippen molar-refractivity contribution in [2.24, 2.45) is 0 Å². The molecule has 0 saturated carbocycles. The molecule has 0 aromatic heterocycles. The van der Waals surface area contributed by atoms with E-state index < -0.39 is 0 Å². The molecule has 0 radical (unpaired) electrons. The van der Waals surface area contributed by atoms with Gasteiger partial charge in [0.25, 0.3) is 0 Å². The average Bonchev–Trinajstić information content (AvgIpc) is 2.47. The van der Waals surface area contributed by atoms with Gasteiger partial charge in [-0.15, -0.1) is 11.8 Å². The minimum Gasteiger partial charge on any atom is -0.463 e. The van der Waals surface area contributed by atoms with Crippen LogP contribution < -0.4 is 0 Å². The lowest BCUT2D eigenvalue weighted by atomic mass is 10.1. The van der Waals surface area contributed by atoms with Crippen molar-refractivity contribution >= 4 is 33.7 Å². The van der Waals surface area contributed by atoms with Crippen molar-refractivity contribution in [3.63, 3.8) is 0 Å². The molecule has 0 aromatic rings. The number of thioether (sulfide) groups is 1. The van der Waals surface area contributed by atoms with Gasteiger partial charge in [0.2, 0.25) is 0 Å². The number of hydrogen-bond acceptors (Lipinski definition) is 3. The van der Waals surface area contributed by atoms with Crippen molar-refractivity contribution in [3.05, 3.63) is 9.39 Å². The fourth-order valence-corrected chi connectivity index (χ4v) is 3.31. The molecule has 0 spiro atoms. The van der Waals surface area contributed by atoms with Gasteiger partial charge < -0.3 is 4.74 Å². The van der Waals surface area contributed by atoms with Gasteiger partial charge in [0, 0.05) is 5.25 Å². The third-order valence-electron chi connectivity index (χ3n) is 1.92. The Morgan fingerprint density at radius 1 is 1.69 bits per heavy atom. The summed E-state index contributed by atoms with van der Waals surface area (Å²) < 4.78 is 5.91. The molecule has 13 heavy (non-hydrogen) atoms. The molecule has 1 aliphatic heterocycles. The highest BCUT2D eigenvalue weighted by molar-refractivity contribution is 9.14. The molecule has 2 nitrogen and oxygen atoms in total. The van der Waals surface area contributed by atoms with E-state index in [2.05, 4.69) is 22.9 Å². The molecular weight excluding hydrogens is 252 g/mol. The van der Waals surface area contributed by atoms with Gasteiger partial charge in [-0.3, -0.25) is 0 Å². The molecule has 0 bridgehead atoms. The Morgan fingerprint density at radius 3 is 2.85 bits per heavy atom. The summed E-state index contributed by atoms with van der Waals surface area (Å²) >= 11 is 5.12. The molecule has 1 heterocycles. The quantitative estimate of drug-likeness (QED) is 0.733. The predicted octanol–water partition coefficient (Wildman–Crippen LogP) is 3.07. The summed E-state index contributed by atoms with van der Waals surface area (Å²) in [5, 5.41) is 0.536.